The third-order valence-corrected chi connectivity index (χ3v) is 4.43. The van der Waals surface area contributed by atoms with Gasteiger partial charge in [-0.2, -0.15) is 8.42 Å². The Kier molecular flexibility index (Phi) is 2.39. The minimum absolute atomic E-state index is 0.227. The highest BCUT2D eigenvalue weighted by atomic mass is 32.2. The summed E-state index contributed by atoms with van der Waals surface area (Å²) < 4.78 is 27.9. The van der Waals surface area contributed by atoms with Crippen molar-refractivity contribution in [3.05, 3.63) is 18.3 Å². The van der Waals surface area contributed by atoms with E-state index in [4.69, 9.17) is 0 Å². The Labute approximate surface area is 100 Å². The lowest BCUT2D eigenvalue weighted by atomic mass is 10.2. The molecule has 6 heteroatoms. The first-order valence-electron chi connectivity index (χ1n) is 5.75. The first-order valence-corrected chi connectivity index (χ1v) is 7.19. The van der Waals surface area contributed by atoms with Gasteiger partial charge < -0.3 is 4.90 Å². The van der Waals surface area contributed by atoms with Gasteiger partial charge in [-0.25, -0.2) is 4.98 Å². The molecule has 1 fully saturated rings. The maximum Gasteiger partial charge on any atom is 0.287 e. The molecule has 0 aromatic carbocycles. The highest BCUT2D eigenvalue weighted by Crippen LogP contribution is 2.31. The van der Waals surface area contributed by atoms with Crippen LogP contribution >= 0.6 is 0 Å². The van der Waals surface area contributed by atoms with Crippen LogP contribution in [0.15, 0.2) is 27.6 Å². The highest BCUT2D eigenvalue weighted by Gasteiger charge is 2.31. The standard InChI is InChI=1S/C11H13N3O2S/c15-17(16)9-5-4-7-12-11(9)14-8-3-1-2-6-10(14)13-17/h4-5,7H,1-3,6,8H2. The Morgan fingerprint density at radius 3 is 3.00 bits per heavy atom. The smallest absolute Gasteiger partial charge is 0.287 e. The van der Waals surface area contributed by atoms with Gasteiger partial charge in [-0.05, 0) is 25.0 Å². The summed E-state index contributed by atoms with van der Waals surface area (Å²) in [5.74, 6) is 1.19. The van der Waals surface area contributed by atoms with Crippen molar-refractivity contribution in [2.45, 2.75) is 30.6 Å². The maximum absolute atomic E-state index is 12.0. The lowest BCUT2D eigenvalue weighted by molar-refractivity contribution is 0.596. The lowest BCUT2D eigenvalue weighted by Gasteiger charge is -2.27. The van der Waals surface area contributed by atoms with E-state index in [9.17, 15) is 8.42 Å². The fourth-order valence-electron chi connectivity index (χ4n) is 2.29. The van der Waals surface area contributed by atoms with Gasteiger partial charge in [0.25, 0.3) is 10.0 Å². The third kappa shape index (κ3) is 1.72. The normalized spacial score (nSPS) is 22.1. The molecular formula is C11H13N3O2S. The molecule has 0 unspecified atom stereocenters. The van der Waals surface area contributed by atoms with Crippen molar-refractivity contribution in [1.82, 2.24) is 4.98 Å². The van der Waals surface area contributed by atoms with Gasteiger partial charge in [0.15, 0.2) is 5.82 Å². The zero-order valence-electron chi connectivity index (χ0n) is 9.33. The van der Waals surface area contributed by atoms with Crippen molar-refractivity contribution in [2.75, 3.05) is 11.4 Å². The topological polar surface area (TPSA) is 62.6 Å². The van der Waals surface area contributed by atoms with E-state index >= 15 is 0 Å². The Morgan fingerprint density at radius 1 is 1.24 bits per heavy atom. The molecule has 0 radical (unpaired) electrons. The van der Waals surface area contributed by atoms with Crippen LogP contribution in [0, 0.1) is 0 Å². The zero-order chi connectivity index (χ0) is 11.9. The fourth-order valence-corrected chi connectivity index (χ4v) is 3.50. The van der Waals surface area contributed by atoms with Crippen molar-refractivity contribution in [1.29, 1.82) is 0 Å². The molecule has 3 rings (SSSR count). The van der Waals surface area contributed by atoms with E-state index in [1.54, 1.807) is 18.3 Å². The number of aromatic nitrogens is 1. The maximum atomic E-state index is 12.0. The van der Waals surface area contributed by atoms with E-state index < -0.39 is 10.0 Å². The summed E-state index contributed by atoms with van der Waals surface area (Å²) in [6.07, 6.45) is 5.50. The molecule has 0 N–H and O–H groups in total. The molecular weight excluding hydrogens is 238 g/mol. The van der Waals surface area contributed by atoms with Crippen molar-refractivity contribution < 1.29 is 8.42 Å². The minimum atomic E-state index is -3.54. The van der Waals surface area contributed by atoms with Gasteiger partial charge in [0.1, 0.15) is 10.7 Å². The minimum Gasteiger partial charge on any atom is -0.313 e. The van der Waals surface area contributed by atoms with Gasteiger partial charge in [0.05, 0.1) is 0 Å². The first kappa shape index (κ1) is 10.7. The predicted octanol–water partition coefficient (Wildman–Crippen LogP) is 1.56. The molecule has 0 aliphatic carbocycles. The number of amidine groups is 1. The quantitative estimate of drug-likeness (QED) is 0.702. The number of rotatable bonds is 0. The molecule has 2 aliphatic rings. The van der Waals surface area contributed by atoms with Crippen molar-refractivity contribution in [3.8, 4) is 0 Å². The van der Waals surface area contributed by atoms with Crippen molar-refractivity contribution in [3.63, 3.8) is 0 Å². The van der Waals surface area contributed by atoms with Crippen LogP contribution in [0.2, 0.25) is 0 Å². The van der Waals surface area contributed by atoms with E-state index in [1.165, 1.54) is 0 Å². The molecule has 90 valence electrons. The summed E-state index contributed by atoms with van der Waals surface area (Å²) in [5.41, 5.74) is 0. The average molecular weight is 251 g/mol. The van der Waals surface area contributed by atoms with Crippen molar-refractivity contribution in [2.24, 2.45) is 4.40 Å². The Hall–Kier alpha value is -1.43. The third-order valence-electron chi connectivity index (χ3n) is 3.10. The molecule has 0 amide bonds. The molecule has 3 heterocycles. The molecule has 1 saturated heterocycles. The van der Waals surface area contributed by atoms with E-state index in [2.05, 4.69) is 9.38 Å². The van der Waals surface area contributed by atoms with Crippen LogP contribution in [0.3, 0.4) is 0 Å². The monoisotopic (exact) mass is 251 g/mol. The molecule has 0 atom stereocenters. The number of anilines is 1. The lowest BCUT2D eigenvalue weighted by Crippen LogP contribution is -2.36. The highest BCUT2D eigenvalue weighted by molar-refractivity contribution is 7.90. The van der Waals surface area contributed by atoms with Crippen LogP contribution in [-0.2, 0) is 10.0 Å². The molecule has 17 heavy (non-hydrogen) atoms. The predicted molar refractivity (Wildman–Crippen MR) is 64.7 cm³/mol. The number of sulfonamides is 1. The summed E-state index contributed by atoms with van der Waals surface area (Å²) in [4.78, 5) is 6.38. The fraction of sp³-hybridized carbons (Fsp3) is 0.455. The number of hydrogen-bond acceptors (Lipinski definition) is 4. The van der Waals surface area contributed by atoms with Gasteiger partial charge in [-0.15, -0.1) is 4.40 Å². The van der Waals surface area contributed by atoms with Crippen LogP contribution in [0.25, 0.3) is 0 Å². The van der Waals surface area contributed by atoms with Gasteiger partial charge >= 0.3 is 0 Å². The van der Waals surface area contributed by atoms with Crippen LogP contribution < -0.4 is 4.90 Å². The molecule has 0 bridgehead atoms. The van der Waals surface area contributed by atoms with Crippen LogP contribution in [0.4, 0.5) is 5.82 Å². The second kappa shape index (κ2) is 3.80. The SMILES string of the molecule is O=S1(=O)N=C2CCCCCN2c2ncccc21. The Balaban J connectivity index is 2.20. The molecule has 0 saturated carbocycles. The molecule has 1 aromatic rings. The Morgan fingerprint density at radius 2 is 2.12 bits per heavy atom. The molecule has 5 nitrogen and oxygen atoms in total. The van der Waals surface area contributed by atoms with Gasteiger partial charge in [-0.3, -0.25) is 0 Å². The van der Waals surface area contributed by atoms with Crippen LogP contribution in [0.1, 0.15) is 25.7 Å². The summed E-state index contributed by atoms with van der Waals surface area (Å²) in [7, 11) is -3.54. The molecule has 0 spiro atoms. The molecule has 1 aromatic heterocycles. The van der Waals surface area contributed by atoms with Crippen LogP contribution in [-0.4, -0.2) is 25.8 Å². The summed E-state index contributed by atoms with van der Waals surface area (Å²) in [6, 6.07) is 3.21. The largest absolute Gasteiger partial charge is 0.313 e. The van der Waals surface area contributed by atoms with Crippen LogP contribution in [0.5, 0.6) is 0 Å². The first-order chi connectivity index (χ1) is 8.18. The van der Waals surface area contributed by atoms with Gasteiger partial charge in [-0.1, -0.05) is 6.42 Å². The average Bonchev–Trinajstić information content (AvgIpc) is 2.54. The number of fused-ring (bicyclic) bond motifs is 3. The second-order valence-corrected chi connectivity index (χ2v) is 5.84. The zero-order valence-corrected chi connectivity index (χ0v) is 10.2. The van der Waals surface area contributed by atoms with E-state index in [1.807, 2.05) is 4.90 Å². The summed E-state index contributed by atoms with van der Waals surface area (Å²) in [5, 5.41) is 0. The summed E-state index contributed by atoms with van der Waals surface area (Å²) in [6.45, 7) is 0.804. The Bertz CT molecular complexity index is 580. The van der Waals surface area contributed by atoms with Gasteiger partial charge in [0, 0.05) is 19.2 Å². The number of nitrogens with zero attached hydrogens (tertiary/aromatic N) is 3. The van der Waals surface area contributed by atoms with Gasteiger partial charge in [0.2, 0.25) is 0 Å². The second-order valence-electron chi connectivity index (χ2n) is 4.27. The van der Waals surface area contributed by atoms with E-state index in [0.29, 0.717) is 11.7 Å². The van der Waals surface area contributed by atoms with E-state index in [-0.39, 0.29) is 4.90 Å². The number of hydrogen-bond donors (Lipinski definition) is 0. The van der Waals surface area contributed by atoms with E-state index in [0.717, 1.165) is 32.2 Å². The molecule has 2 aliphatic heterocycles. The number of pyridine rings is 1. The summed E-state index contributed by atoms with van der Waals surface area (Å²) >= 11 is 0. The van der Waals surface area contributed by atoms with Crippen molar-refractivity contribution >= 4 is 21.7 Å².